The van der Waals surface area contributed by atoms with Crippen molar-refractivity contribution in [3.63, 3.8) is 0 Å². The van der Waals surface area contributed by atoms with Crippen LogP contribution in [0, 0.1) is 3.57 Å². The summed E-state index contributed by atoms with van der Waals surface area (Å²) in [6, 6.07) is 8.24. The molecular weight excluding hydrogens is 341 g/mol. The topological polar surface area (TPSA) is 44.4 Å². The second-order valence-electron chi connectivity index (χ2n) is 4.55. The molecule has 1 aromatic rings. The van der Waals surface area contributed by atoms with Crippen LogP contribution < -0.4 is 10.6 Å². The van der Waals surface area contributed by atoms with Crippen molar-refractivity contribution in [1.29, 1.82) is 0 Å². The van der Waals surface area contributed by atoms with Crippen molar-refractivity contribution in [1.82, 2.24) is 10.2 Å². The highest BCUT2D eigenvalue weighted by Crippen LogP contribution is 2.16. The minimum Gasteiger partial charge on any atom is -0.324 e. The Morgan fingerprint density at radius 1 is 1.56 bits per heavy atom. The third-order valence-electron chi connectivity index (χ3n) is 3.13. The van der Waals surface area contributed by atoms with E-state index < -0.39 is 0 Å². The first-order valence-corrected chi connectivity index (χ1v) is 7.24. The van der Waals surface area contributed by atoms with Crippen molar-refractivity contribution in [3.8, 4) is 0 Å². The summed E-state index contributed by atoms with van der Waals surface area (Å²) in [5.41, 5.74) is 0.894. The zero-order valence-corrected chi connectivity index (χ0v) is 12.6. The molecule has 1 heterocycles. The Labute approximate surface area is 121 Å². The maximum absolute atomic E-state index is 12.0. The van der Waals surface area contributed by atoms with Crippen molar-refractivity contribution in [2.45, 2.75) is 13.0 Å². The van der Waals surface area contributed by atoms with Crippen LogP contribution in [0.25, 0.3) is 0 Å². The smallest absolute Gasteiger partial charge is 0.238 e. The number of para-hydroxylation sites is 1. The summed E-state index contributed by atoms with van der Waals surface area (Å²) in [5, 5.41) is 6.29. The van der Waals surface area contributed by atoms with Gasteiger partial charge < -0.3 is 10.6 Å². The third kappa shape index (κ3) is 3.66. The summed E-state index contributed by atoms with van der Waals surface area (Å²) in [4.78, 5) is 14.2. The highest BCUT2D eigenvalue weighted by atomic mass is 127. The molecule has 1 fully saturated rings. The van der Waals surface area contributed by atoms with E-state index in [-0.39, 0.29) is 5.91 Å². The first kappa shape index (κ1) is 13.8. The summed E-state index contributed by atoms with van der Waals surface area (Å²) < 4.78 is 1.07. The molecule has 0 unspecified atom stereocenters. The van der Waals surface area contributed by atoms with Gasteiger partial charge in [0.2, 0.25) is 5.91 Å². The number of halogens is 1. The summed E-state index contributed by atoms with van der Waals surface area (Å²) in [5.74, 6) is 0.0628. The Hall–Kier alpha value is -0.660. The van der Waals surface area contributed by atoms with Crippen LogP contribution in [-0.2, 0) is 4.79 Å². The first-order chi connectivity index (χ1) is 8.66. The number of hydrogen-bond donors (Lipinski definition) is 2. The van der Waals surface area contributed by atoms with Crippen molar-refractivity contribution in [2.75, 3.05) is 31.5 Å². The van der Waals surface area contributed by atoms with E-state index in [1.165, 1.54) is 0 Å². The van der Waals surface area contributed by atoms with E-state index in [1.807, 2.05) is 24.3 Å². The van der Waals surface area contributed by atoms with E-state index in [0.717, 1.165) is 28.9 Å². The SMILES string of the molecule is C[C@H]1CNCCN1CC(=O)Nc1ccccc1I. The average molecular weight is 359 g/mol. The highest BCUT2D eigenvalue weighted by molar-refractivity contribution is 14.1. The minimum atomic E-state index is 0.0628. The molecule has 0 aromatic heterocycles. The number of piperazine rings is 1. The van der Waals surface area contributed by atoms with Crippen LogP contribution in [-0.4, -0.2) is 43.0 Å². The van der Waals surface area contributed by atoms with E-state index in [0.29, 0.717) is 12.6 Å². The van der Waals surface area contributed by atoms with E-state index in [9.17, 15) is 4.79 Å². The molecule has 1 aromatic carbocycles. The molecule has 0 radical (unpaired) electrons. The molecule has 1 aliphatic rings. The fourth-order valence-corrected chi connectivity index (χ4v) is 2.58. The lowest BCUT2D eigenvalue weighted by atomic mass is 10.2. The van der Waals surface area contributed by atoms with Crippen molar-refractivity contribution in [3.05, 3.63) is 27.8 Å². The molecule has 0 spiro atoms. The zero-order valence-electron chi connectivity index (χ0n) is 10.4. The van der Waals surface area contributed by atoms with Gasteiger partial charge in [-0.3, -0.25) is 9.69 Å². The normalized spacial score (nSPS) is 20.7. The largest absolute Gasteiger partial charge is 0.324 e. The van der Waals surface area contributed by atoms with Crippen molar-refractivity contribution >= 4 is 34.2 Å². The Morgan fingerprint density at radius 3 is 3.06 bits per heavy atom. The van der Waals surface area contributed by atoms with E-state index in [1.54, 1.807) is 0 Å². The van der Waals surface area contributed by atoms with Gasteiger partial charge in [0.1, 0.15) is 0 Å². The van der Waals surface area contributed by atoms with Gasteiger partial charge in [0.05, 0.1) is 12.2 Å². The Balaban J connectivity index is 1.90. The van der Waals surface area contributed by atoms with Gasteiger partial charge in [-0.2, -0.15) is 0 Å². The number of nitrogens with one attached hydrogen (secondary N) is 2. The summed E-state index contributed by atoms with van der Waals surface area (Å²) in [7, 11) is 0. The number of amides is 1. The first-order valence-electron chi connectivity index (χ1n) is 6.16. The summed E-state index contributed by atoms with van der Waals surface area (Å²) in [6.45, 7) is 5.46. The van der Waals surface area contributed by atoms with Crippen molar-refractivity contribution < 1.29 is 4.79 Å². The maximum atomic E-state index is 12.0. The van der Waals surface area contributed by atoms with E-state index >= 15 is 0 Å². The predicted octanol–water partition coefficient (Wildman–Crippen LogP) is 1.52. The molecule has 2 rings (SSSR count). The van der Waals surface area contributed by atoms with Crippen LogP contribution in [0.15, 0.2) is 24.3 Å². The van der Waals surface area contributed by atoms with Gasteiger partial charge in [-0.05, 0) is 41.6 Å². The van der Waals surface area contributed by atoms with Gasteiger partial charge in [-0.25, -0.2) is 0 Å². The Kier molecular flexibility index (Phi) is 4.96. The summed E-state index contributed by atoms with van der Waals surface area (Å²) >= 11 is 2.23. The molecule has 1 saturated heterocycles. The van der Waals surface area contributed by atoms with Crippen LogP contribution >= 0.6 is 22.6 Å². The molecule has 4 nitrogen and oxygen atoms in total. The standard InChI is InChI=1S/C13H18IN3O/c1-10-8-15-6-7-17(10)9-13(18)16-12-5-3-2-4-11(12)14/h2-5,10,15H,6-9H2,1H3,(H,16,18)/t10-/m0/s1. The van der Waals surface area contributed by atoms with Crippen LogP contribution in [0.2, 0.25) is 0 Å². The number of hydrogen-bond acceptors (Lipinski definition) is 3. The highest BCUT2D eigenvalue weighted by Gasteiger charge is 2.20. The predicted molar refractivity (Wildman–Crippen MR) is 81.7 cm³/mol. The number of benzene rings is 1. The Bertz CT molecular complexity index is 424. The molecule has 1 amide bonds. The van der Waals surface area contributed by atoms with Crippen LogP contribution in [0.1, 0.15) is 6.92 Å². The molecule has 0 bridgehead atoms. The average Bonchev–Trinajstić information content (AvgIpc) is 2.35. The van der Waals surface area contributed by atoms with Crippen LogP contribution in [0.4, 0.5) is 5.69 Å². The third-order valence-corrected chi connectivity index (χ3v) is 4.07. The lowest BCUT2D eigenvalue weighted by molar-refractivity contribution is -0.118. The fourth-order valence-electron chi connectivity index (χ4n) is 2.05. The van der Waals surface area contributed by atoms with Gasteiger partial charge in [0.25, 0.3) is 0 Å². The molecular formula is C13H18IN3O. The fraction of sp³-hybridized carbons (Fsp3) is 0.462. The molecule has 5 heteroatoms. The lowest BCUT2D eigenvalue weighted by Gasteiger charge is -2.33. The molecule has 0 aliphatic carbocycles. The van der Waals surface area contributed by atoms with Crippen molar-refractivity contribution in [2.24, 2.45) is 0 Å². The molecule has 2 N–H and O–H groups in total. The van der Waals surface area contributed by atoms with Gasteiger partial charge in [-0.15, -0.1) is 0 Å². The van der Waals surface area contributed by atoms with E-state index in [4.69, 9.17) is 0 Å². The van der Waals surface area contributed by atoms with Gasteiger partial charge in [0.15, 0.2) is 0 Å². The summed E-state index contributed by atoms with van der Waals surface area (Å²) in [6.07, 6.45) is 0. The number of carbonyl (C=O) groups is 1. The molecule has 1 atom stereocenters. The lowest BCUT2D eigenvalue weighted by Crippen LogP contribution is -2.52. The van der Waals surface area contributed by atoms with Crippen LogP contribution in [0.5, 0.6) is 0 Å². The zero-order chi connectivity index (χ0) is 13.0. The minimum absolute atomic E-state index is 0.0628. The second kappa shape index (κ2) is 6.49. The van der Waals surface area contributed by atoms with Gasteiger partial charge >= 0.3 is 0 Å². The number of carbonyl (C=O) groups excluding carboxylic acids is 1. The molecule has 98 valence electrons. The van der Waals surface area contributed by atoms with Gasteiger partial charge in [0, 0.05) is 29.2 Å². The van der Waals surface area contributed by atoms with Crippen LogP contribution in [0.3, 0.4) is 0 Å². The second-order valence-corrected chi connectivity index (χ2v) is 5.71. The molecule has 1 aliphatic heterocycles. The van der Waals surface area contributed by atoms with Gasteiger partial charge in [-0.1, -0.05) is 12.1 Å². The Morgan fingerprint density at radius 2 is 2.33 bits per heavy atom. The van der Waals surface area contributed by atoms with E-state index in [2.05, 4.69) is 45.0 Å². The molecule has 0 saturated carbocycles. The number of rotatable bonds is 3. The molecule has 18 heavy (non-hydrogen) atoms. The quantitative estimate of drug-likeness (QED) is 0.805. The number of nitrogens with zero attached hydrogens (tertiary/aromatic N) is 1. The monoisotopic (exact) mass is 359 g/mol. The maximum Gasteiger partial charge on any atom is 0.238 e. The number of anilines is 1.